The van der Waals surface area contributed by atoms with Gasteiger partial charge in [0.15, 0.2) is 5.11 Å². The van der Waals surface area contributed by atoms with Gasteiger partial charge in [-0.15, -0.1) is 22.7 Å². The molecule has 0 saturated heterocycles. The van der Waals surface area contributed by atoms with Gasteiger partial charge in [0.1, 0.15) is 5.00 Å². The number of ether oxygens (including phenoxy) is 1. The van der Waals surface area contributed by atoms with Gasteiger partial charge in [-0.1, -0.05) is 6.92 Å². The maximum atomic E-state index is 12.6. The molecule has 4 rings (SSSR count). The van der Waals surface area contributed by atoms with E-state index in [0.717, 1.165) is 55.2 Å². The Kier molecular flexibility index (Phi) is 5.89. The predicted molar refractivity (Wildman–Crippen MR) is 120 cm³/mol. The van der Waals surface area contributed by atoms with Crippen LogP contribution < -0.4 is 16.2 Å². The number of anilines is 1. The lowest BCUT2D eigenvalue weighted by Crippen LogP contribution is -2.44. The quantitative estimate of drug-likeness (QED) is 0.375. The first kappa shape index (κ1) is 20.3. The van der Waals surface area contributed by atoms with Crippen LogP contribution in [-0.4, -0.2) is 24.1 Å². The SMILES string of the molecule is COC(=O)c1c(NC(=S)NNC(=O)c2csc3c2CC[C@H](C)C3)sc2c1CCC2. The lowest BCUT2D eigenvalue weighted by atomic mass is 9.88. The molecule has 154 valence electrons. The fourth-order valence-electron chi connectivity index (χ4n) is 3.99. The smallest absolute Gasteiger partial charge is 0.341 e. The highest BCUT2D eigenvalue weighted by atomic mass is 32.1. The van der Waals surface area contributed by atoms with Crippen LogP contribution in [0.2, 0.25) is 0 Å². The number of hydrogen-bond acceptors (Lipinski definition) is 6. The number of carbonyl (C=O) groups is 2. The standard InChI is InChI=1S/C20H23N3O3S3/c1-10-6-7-11-13(9-28-15(11)8-10)17(24)22-23-20(27)21-18-16(19(25)26-2)12-4-3-5-14(12)29-18/h9-10H,3-8H2,1-2H3,(H,22,24)(H2,21,23,27)/t10-/m0/s1. The molecule has 0 fully saturated rings. The molecule has 0 aliphatic heterocycles. The van der Waals surface area contributed by atoms with Crippen LogP contribution in [0.3, 0.4) is 0 Å². The average Bonchev–Trinajstić information content (AvgIpc) is 3.39. The van der Waals surface area contributed by atoms with Gasteiger partial charge in [0.2, 0.25) is 0 Å². The number of thiocarbonyl (C=S) groups is 1. The number of rotatable bonds is 3. The van der Waals surface area contributed by atoms with Crippen molar-refractivity contribution in [2.45, 2.75) is 45.4 Å². The summed E-state index contributed by atoms with van der Waals surface area (Å²) < 4.78 is 4.95. The van der Waals surface area contributed by atoms with Crippen molar-refractivity contribution in [2.75, 3.05) is 12.4 Å². The van der Waals surface area contributed by atoms with Crippen LogP contribution in [0.1, 0.15) is 61.4 Å². The number of hydrogen-bond donors (Lipinski definition) is 3. The van der Waals surface area contributed by atoms with Crippen molar-refractivity contribution in [1.82, 2.24) is 10.9 Å². The Hall–Kier alpha value is -1.97. The van der Waals surface area contributed by atoms with Crippen LogP contribution in [0.5, 0.6) is 0 Å². The summed E-state index contributed by atoms with van der Waals surface area (Å²) in [7, 11) is 1.38. The third kappa shape index (κ3) is 4.04. The monoisotopic (exact) mass is 449 g/mol. The number of fused-ring (bicyclic) bond motifs is 2. The number of aryl methyl sites for hydroxylation is 1. The summed E-state index contributed by atoms with van der Waals surface area (Å²) in [5, 5.41) is 5.88. The molecule has 2 aliphatic rings. The minimum Gasteiger partial charge on any atom is -0.465 e. The second kappa shape index (κ2) is 8.41. The van der Waals surface area contributed by atoms with Gasteiger partial charge < -0.3 is 10.1 Å². The van der Waals surface area contributed by atoms with E-state index >= 15 is 0 Å². The zero-order chi connectivity index (χ0) is 20.5. The zero-order valence-corrected chi connectivity index (χ0v) is 18.8. The minimum absolute atomic E-state index is 0.192. The molecule has 0 spiro atoms. The first-order valence-electron chi connectivity index (χ1n) is 9.67. The van der Waals surface area contributed by atoms with Crippen molar-refractivity contribution in [2.24, 2.45) is 5.92 Å². The van der Waals surface area contributed by atoms with E-state index in [0.29, 0.717) is 16.5 Å². The van der Waals surface area contributed by atoms with Crippen molar-refractivity contribution < 1.29 is 14.3 Å². The van der Waals surface area contributed by atoms with Crippen LogP contribution in [-0.2, 0) is 30.4 Å². The summed E-state index contributed by atoms with van der Waals surface area (Å²) in [5.41, 5.74) is 8.93. The first-order valence-corrected chi connectivity index (χ1v) is 11.8. The van der Waals surface area contributed by atoms with Crippen molar-refractivity contribution in [3.8, 4) is 0 Å². The van der Waals surface area contributed by atoms with E-state index in [4.69, 9.17) is 17.0 Å². The Bertz CT molecular complexity index is 979. The van der Waals surface area contributed by atoms with Gasteiger partial charge >= 0.3 is 5.97 Å². The molecule has 29 heavy (non-hydrogen) atoms. The Morgan fingerprint density at radius 3 is 2.79 bits per heavy atom. The summed E-state index contributed by atoms with van der Waals surface area (Å²) in [6.45, 7) is 2.25. The topological polar surface area (TPSA) is 79.5 Å². The molecule has 0 aromatic carbocycles. The van der Waals surface area contributed by atoms with Gasteiger partial charge in [0.25, 0.3) is 5.91 Å². The van der Waals surface area contributed by atoms with Crippen molar-refractivity contribution >= 4 is 56.9 Å². The van der Waals surface area contributed by atoms with Crippen molar-refractivity contribution in [3.63, 3.8) is 0 Å². The largest absolute Gasteiger partial charge is 0.465 e. The van der Waals surface area contributed by atoms with Gasteiger partial charge in [-0.3, -0.25) is 15.6 Å². The van der Waals surface area contributed by atoms with Crippen LogP contribution in [0, 0.1) is 5.92 Å². The van der Waals surface area contributed by atoms with Crippen molar-refractivity contribution in [1.29, 1.82) is 0 Å². The Morgan fingerprint density at radius 1 is 1.17 bits per heavy atom. The second-order valence-corrected chi connectivity index (χ2v) is 9.96. The molecule has 2 heterocycles. The van der Waals surface area contributed by atoms with E-state index in [-0.39, 0.29) is 17.0 Å². The lowest BCUT2D eigenvalue weighted by Gasteiger charge is -2.19. The number of amides is 1. The lowest BCUT2D eigenvalue weighted by molar-refractivity contribution is 0.0601. The average molecular weight is 450 g/mol. The molecule has 0 radical (unpaired) electrons. The van der Waals surface area contributed by atoms with Crippen molar-refractivity contribution in [3.05, 3.63) is 37.4 Å². The number of hydrazine groups is 1. The van der Waals surface area contributed by atoms with Crippen LogP contribution >= 0.6 is 34.9 Å². The van der Waals surface area contributed by atoms with Crippen LogP contribution in [0.4, 0.5) is 5.00 Å². The fraction of sp³-hybridized carbons (Fsp3) is 0.450. The predicted octanol–water partition coefficient (Wildman–Crippen LogP) is 3.84. The van der Waals surface area contributed by atoms with E-state index in [2.05, 4.69) is 23.1 Å². The molecule has 2 aromatic rings. The highest BCUT2D eigenvalue weighted by Crippen LogP contribution is 2.39. The number of thiophene rings is 2. The van der Waals surface area contributed by atoms with Gasteiger partial charge in [-0.25, -0.2) is 4.79 Å². The molecule has 2 aromatic heterocycles. The minimum atomic E-state index is -0.363. The summed E-state index contributed by atoms with van der Waals surface area (Å²) in [4.78, 5) is 27.4. The van der Waals surface area contributed by atoms with E-state index in [9.17, 15) is 9.59 Å². The van der Waals surface area contributed by atoms with Gasteiger partial charge in [0.05, 0.1) is 18.2 Å². The van der Waals surface area contributed by atoms with E-state index < -0.39 is 0 Å². The zero-order valence-electron chi connectivity index (χ0n) is 16.3. The molecule has 2 aliphatic carbocycles. The highest BCUT2D eigenvalue weighted by Gasteiger charge is 2.28. The fourth-order valence-corrected chi connectivity index (χ4v) is 6.74. The molecule has 0 unspecified atom stereocenters. The maximum absolute atomic E-state index is 12.6. The maximum Gasteiger partial charge on any atom is 0.341 e. The van der Waals surface area contributed by atoms with Gasteiger partial charge in [-0.05, 0) is 67.8 Å². The van der Waals surface area contributed by atoms with Gasteiger partial charge in [-0.2, -0.15) is 0 Å². The number of methoxy groups -OCH3 is 1. The summed E-state index contributed by atoms with van der Waals surface area (Å²) in [5.74, 6) is 0.115. The van der Waals surface area contributed by atoms with E-state index in [1.54, 1.807) is 11.3 Å². The van der Waals surface area contributed by atoms with Crippen LogP contribution in [0.15, 0.2) is 5.38 Å². The normalized spacial score (nSPS) is 17.2. The number of esters is 1. The molecule has 0 bridgehead atoms. The van der Waals surface area contributed by atoms with E-state index in [1.165, 1.54) is 28.2 Å². The molecule has 3 N–H and O–H groups in total. The highest BCUT2D eigenvalue weighted by molar-refractivity contribution is 7.80. The Balaban J connectivity index is 1.40. The molecule has 9 heteroatoms. The Morgan fingerprint density at radius 2 is 2.00 bits per heavy atom. The third-order valence-electron chi connectivity index (χ3n) is 5.47. The summed E-state index contributed by atoms with van der Waals surface area (Å²) in [6.07, 6.45) is 5.97. The second-order valence-electron chi connectivity index (χ2n) is 7.49. The van der Waals surface area contributed by atoms with Gasteiger partial charge in [0, 0.05) is 15.1 Å². The molecule has 1 atom stereocenters. The van der Waals surface area contributed by atoms with E-state index in [1.807, 2.05) is 5.38 Å². The number of carbonyl (C=O) groups excluding carboxylic acids is 2. The molecular formula is C20H23N3O3S3. The molecule has 6 nitrogen and oxygen atoms in total. The molecule has 0 saturated carbocycles. The van der Waals surface area contributed by atoms with Crippen LogP contribution in [0.25, 0.3) is 0 Å². The third-order valence-corrected chi connectivity index (χ3v) is 7.94. The summed E-state index contributed by atoms with van der Waals surface area (Å²) in [6, 6.07) is 0. The summed E-state index contributed by atoms with van der Waals surface area (Å²) >= 11 is 8.51. The molecular weight excluding hydrogens is 426 g/mol. The first-order chi connectivity index (χ1) is 14.0. The number of nitrogens with one attached hydrogen (secondary N) is 3. The Labute approximate surface area is 183 Å². The molecule has 1 amide bonds.